The molecule has 2 heteroatoms. The average molecular weight is 445 g/mol. The van der Waals surface area contributed by atoms with Gasteiger partial charge in [-0.05, 0) is 96.6 Å². The van der Waals surface area contributed by atoms with Gasteiger partial charge in [-0.1, -0.05) is 68.9 Å². The third-order valence-corrected chi connectivity index (χ3v) is 6.21. The van der Waals surface area contributed by atoms with Gasteiger partial charge in [0.25, 0.3) is 0 Å². The van der Waals surface area contributed by atoms with E-state index in [1.807, 2.05) is 6.92 Å². The summed E-state index contributed by atoms with van der Waals surface area (Å²) in [5.74, 6) is 7.25. The van der Waals surface area contributed by atoms with Crippen molar-refractivity contribution in [3.05, 3.63) is 36.5 Å². The first-order chi connectivity index (χ1) is 14.8. The first-order valence-corrected chi connectivity index (χ1v) is 12.8. The van der Waals surface area contributed by atoms with Gasteiger partial charge in [0, 0.05) is 0 Å². The lowest BCUT2D eigenvalue weighted by Gasteiger charge is -2.20. The normalized spacial score (nSPS) is 17.1. The summed E-state index contributed by atoms with van der Waals surface area (Å²) in [6, 6.07) is 0. The van der Waals surface area contributed by atoms with Gasteiger partial charge in [0.15, 0.2) is 0 Å². The van der Waals surface area contributed by atoms with Crippen molar-refractivity contribution < 1.29 is 10.2 Å². The first kappa shape index (κ1) is 30.7. The second-order valence-corrected chi connectivity index (χ2v) is 10.9. The maximum Gasteiger partial charge on any atom is 0.123 e. The molecule has 2 nitrogen and oxygen atoms in total. The summed E-state index contributed by atoms with van der Waals surface area (Å²) in [7, 11) is 0. The molecule has 0 spiro atoms. The fourth-order valence-electron chi connectivity index (χ4n) is 3.96. The number of allylic oxidation sites excluding steroid dienone is 3. The molecule has 32 heavy (non-hydrogen) atoms. The molecule has 0 aromatic rings. The highest BCUT2D eigenvalue weighted by Gasteiger charge is 2.18. The molecule has 0 aliphatic carbocycles. The van der Waals surface area contributed by atoms with Crippen molar-refractivity contribution in [3.63, 3.8) is 0 Å². The Hall–Kier alpha value is -1.30. The third kappa shape index (κ3) is 19.4. The Balaban J connectivity index is 4.23. The Kier molecular flexibility index (Phi) is 15.7. The molecular formula is C30H52O2. The lowest BCUT2D eigenvalue weighted by atomic mass is 9.92. The molecule has 0 amide bonds. The molecule has 4 unspecified atom stereocenters. The van der Waals surface area contributed by atoms with E-state index in [2.05, 4.69) is 52.7 Å². The van der Waals surface area contributed by atoms with Crippen LogP contribution in [0.4, 0.5) is 0 Å². The van der Waals surface area contributed by atoms with E-state index >= 15 is 0 Å². The Bertz CT molecular complexity index is 627. The van der Waals surface area contributed by atoms with Gasteiger partial charge >= 0.3 is 0 Å². The molecule has 0 aliphatic heterocycles. The van der Waals surface area contributed by atoms with Crippen molar-refractivity contribution in [2.24, 2.45) is 11.8 Å². The molecule has 0 heterocycles. The average Bonchev–Trinajstić information content (AvgIpc) is 2.64. The topological polar surface area (TPSA) is 40.5 Å². The van der Waals surface area contributed by atoms with Crippen LogP contribution >= 0.6 is 0 Å². The second kappa shape index (κ2) is 16.3. The van der Waals surface area contributed by atoms with Crippen molar-refractivity contribution in [2.75, 3.05) is 0 Å². The summed E-state index contributed by atoms with van der Waals surface area (Å²) < 4.78 is 0. The lowest BCUT2D eigenvalue weighted by Crippen LogP contribution is -2.22. The molecule has 0 aromatic heterocycles. The van der Waals surface area contributed by atoms with Crippen LogP contribution in [0.2, 0.25) is 0 Å². The highest BCUT2D eigenvalue weighted by atomic mass is 16.3. The van der Waals surface area contributed by atoms with Gasteiger partial charge in [-0.3, -0.25) is 0 Å². The quantitative estimate of drug-likeness (QED) is 0.175. The van der Waals surface area contributed by atoms with Crippen molar-refractivity contribution >= 4 is 0 Å². The smallest absolute Gasteiger partial charge is 0.123 e. The SMILES string of the molecule is C=C(C)CCCC(C)CCCC(C)(O)C#CC=CC(C)(O)CCCC(C)CCCC(=C)C. The predicted molar refractivity (Wildman–Crippen MR) is 142 cm³/mol. The van der Waals surface area contributed by atoms with Crippen molar-refractivity contribution in [1.82, 2.24) is 0 Å². The van der Waals surface area contributed by atoms with Crippen molar-refractivity contribution in [1.29, 1.82) is 0 Å². The van der Waals surface area contributed by atoms with Crippen LogP contribution in [0.5, 0.6) is 0 Å². The molecule has 0 saturated carbocycles. The molecule has 0 aliphatic rings. The van der Waals surface area contributed by atoms with Crippen LogP contribution in [0.1, 0.15) is 119 Å². The zero-order valence-electron chi connectivity index (χ0n) is 22.1. The van der Waals surface area contributed by atoms with Crippen LogP contribution in [-0.4, -0.2) is 21.4 Å². The predicted octanol–water partition coefficient (Wildman–Crippen LogP) is 8.15. The first-order valence-electron chi connectivity index (χ1n) is 12.8. The summed E-state index contributed by atoms with van der Waals surface area (Å²) in [4.78, 5) is 0. The zero-order valence-corrected chi connectivity index (χ0v) is 22.1. The van der Waals surface area contributed by atoms with Gasteiger partial charge in [-0.2, -0.15) is 0 Å². The van der Waals surface area contributed by atoms with E-state index in [0.29, 0.717) is 18.3 Å². The molecular weight excluding hydrogens is 392 g/mol. The maximum atomic E-state index is 10.6. The molecule has 0 saturated heterocycles. The fourth-order valence-corrected chi connectivity index (χ4v) is 3.96. The summed E-state index contributed by atoms with van der Waals surface area (Å²) in [6.45, 7) is 20.3. The summed E-state index contributed by atoms with van der Waals surface area (Å²) in [5, 5.41) is 21.1. The largest absolute Gasteiger partial charge is 0.386 e. The molecule has 0 radical (unpaired) electrons. The molecule has 2 N–H and O–H groups in total. The van der Waals surface area contributed by atoms with Crippen LogP contribution < -0.4 is 0 Å². The van der Waals surface area contributed by atoms with Gasteiger partial charge in [0.1, 0.15) is 5.60 Å². The van der Waals surface area contributed by atoms with Crippen molar-refractivity contribution in [3.8, 4) is 11.8 Å². The van der Waals surface area contributed by atoms with E-state index in [1.165, 1.54) is 36.8 Å². The molecule has 0 rings (SSSR count). The minimum absolute atomic E-state index is 0.668. The maximum absolute atomic E-state index is 10.6. The van der Waals surface area contributed by atoms with E-state index < -0.39 is 11.2 Å². The number of hydrogen-bond acceptors (Lipinski definition) is 2. The van der Waals surface area contributed by atoms with Crippen LogP contribution in [-0.2, 0) is 0 Å². The zero-order chi connectivity index (χ0) is 24.6. The van der Waals surface area contributed by atoms with Gasteiger partial charge in [-0.25, -0.2) is 0 Å². The summed E-state index contributed by atoms with van der Waals surface area (Å²) in [5.41, 5.74) is 0.685. The standard InChI is InChI=1S/C30H52O2/c1-25(2)15-11-17-27(5)19-13-23-29(7,31)21-9-10-22-30(8,32)24-14-20-28(6)18-12-16-26(3)4/h9,21,27-28,31-32H,1,3,11-20,23-24H2,2,4-8H3. The van der Waals surface area contributed by atoms with Crippen LogP contribution in [0.25, 0.3) is 0 Å². The van der Waals surface area contributed by atoms with E-state index in [-0.39, 0.29) is 0 Å². The van der Waals surface area contributed by atoms with Crippen molar-refractivity contribution in [2.45, 2.75) is 130 Å². The third-order valence-electron chi connectivity index (χ3n) is 6.21. The molecule has 0 aromatic carbocycles. The highest BCUT2D eigenvalue weighted by Crippen LogP contribution is 2.22. The van der Waals surface area contributed by atoms with Gasteiger partial charge in [-0.15, -0.1) is 13.2 Å². The number of hydrogen-bond donors (Lipinski definition) is 2. The van der Waals surface area contributed by atoms with Crippen LogP contribution in [0, 0.1) is 23.7 Å². The Morgan fingerprint density at radius 3 is 1.72 bits per heavy atom. The van der Waals surface area contributed by atoms with Gasteiger partial charge < -0.3 is 10.2 Å². The van der Waals surface area contributed by atoms with Gasteiger partial charge in [0.05, 0.1) is 5.60 Å². The van der Waals surface area contributed by atoms with Gasteiger partial charge in [0.2, 0.25) is 0 Å². The fraction of sp³-hybridized carbons (Fsp3) is 0.733. The van der Waals surface area contributed by atoms with Crippen LogP contribution in [0.15, 0.2) is 36.5 Å². The molecule has 4 atom stereocenters. The summed E-state index contributed by atoms with van der Waals surface area (Å²) >= 11 is 0. The van der Waals surface area contributed by atoms with E-state index in [0.717, 1.165) is 44.9 Å². The second-order valence-electron chi connectivity index (χ2n) is 10.9. The molecule has 184 valence electrons. The van der Waals surface area contributed by atoms with E-state index in [9.17, 15) is 10.2 Å². The summed E-state index contributed by atoms with van der Waals surface area (Å²) in [6.07, 6.45) is 16.2. The molecule has 0 fully saturated rings. The monoisotopic (exact) mass is 444 g/mol. The van der Waals surface area contributed by atoms with E-state index in [4.69, 9.17) is 0 Å². The molecule has 0 bridgehead atoms. The van der Waals surface area contributed by atoms with Crippen LogP contribution in [0.3, 0.4) is 0 Å². The lowest BCUT2D eigenvalue weighted by molar-refractivity contribution is 0.0970. The Morgan fingerprint density at radius 1 is 0.812 bits per heavy atom. The number of aliphatic hydroxyl groups is 2. The minimum Gasteiger partial charge on any atom is -0.386 e. The Morgan fingerprint density at radius 2 is 1.25 bits per heavy atom. The number of rotatable bonds is 17. The highest BCUT2D eigenvalue weighted by molar-refractivity contribution is 5.23. The van der Waals surface area contributed by atoms with E-state index in [1.54, 1.807) is 19.1 Å². The minimum atomic E-state index is -0.979. The Labute approximate surface area is 200 Å².